The van der Waals surface area contributed by atoms with Crippen molar-refractivity contribution in [1.82, 2.24) is 30.0 Å². The third-order valence-corrected chi connectivity index (χ3v) is 6.01. The van der Waals surface area contributed by atoms with Gasteiger partial charge in [-0.3, -0.25) is 0 Å². The summed E-state index contributed by atoms with van der Waals surface area (Å²) >= 11 is 0. The number of aromatic nitrogens is 4. The molecule has 0 saturated carbocycles. The molecule has 29 heavy (non-hydrogen) atoms. The molecule has 2 aromatic heterocycles. The van der Waals surface area contributed by atoms with Gasteiger partial charge in [0.15, 0.2) is 11.5 Å². The minimum absolute atomic E-state index is 0.0337. The van der Waals surface area contributed by atoms with Crippen LogP contribution >= 0.6 is 0 Å². The highest BCUT2D eigenvalue weighted by Gasteiger charge is 2.42. The lowest BCUT2D eigenvalue weighted by molar-refractivity contribution is 0.205. The number of carbonyl (C=O) groups excluding carboxylic acids is 1. The molecule has 1 aromatic carbocycles. The van der Waals surface area contributed by atoms with Gasteiger partial charge in [0, 0.05) is 51.0 Å². The van der Waals surface area contributed by atoms with Gasteiger partial charge in [0.2, 0.25) is 0 Å². The number of rotatable bonds is 4. The number of amides is 2. The van der Waals surface area contributed by atoms with Crippen molar-refractivity contribution >= 4 is 17.5 Å². The molecular weight excluding hydrogens is 366 g/mol. The van der Waals surface area contributed by atoms with E-state index in [1.165, 1.54) is 0 Å². The summed E-state index contributed by atoms with van der Waals surface area (Å²) in [6.07, 6.45) is 0.802. The molecule has 1 N–H and O–H groups in total. The molecule has 5 rings (SSSR count). The van der Waals surface area contributed by atoms with Gasteiger partial charge in [0.05, 0.1) is 0 Å². The second-order valence-electron chi connectivity index (χ2n) is 7.91. The van der Waals surface area contributed by atoms with E-state index in [1.54, 1.807) is 0 Å². The molecule has 8 heteroatoms. The number of aryl methyl sites for hydroxylation is 1. The van der Waals surface area contributed by atoms with Crippen LogP contribution in [0.25, 0.3) is 5.65 Å². The van der Waals surface area contributed by atoms with Crippen LogP contribution in [0.2, 0.25) is 0 Å². The number of nitrogens with zero attached hydrogens (tertiary/aromatic N) is 6. The average molecular weight is 391 g/mol. The molecule has 2 aliphatic rings. The second-order valence-corrected chi connectivity index (χ2v) is 7.91. The molecule has 2 saturated heterocycles. The quantitative estimate of drug-likeness (QED) is 0.736. The molecular formula is C21H25N7O. The first-order valence-corrected chi connectivity index (χ1v) is 10.2. The van der Waals surface area contributed by atoms with E-state index in [4.69, 9.17) is 5.10 Å². The molecule has 2 atom stereocenters. The Labute approximate surface area is 169 Å². The number of likely N-dealkylation sites (tertiary alicyclic amines) is 1. The van der Waals surface area contributed by atoms with Gasteiger partial charge >= 0.3 is 6.03 Å². The molecule has 8 nitrogen and oxygen atoms in total. The Bertz CT molecular complexity index is 1000. The van der Waals surface area contributed by atoms with Crippen LogP contribution in [0.15, 0.2) is 42.5 Å². The van der Waals surface area contributed by atoms with E-state index in [0.717, 1.165) is 55.5 Å². The normalized spacial score (nSPS) is 21.0. The maximum Gasteiger partial charge on any atom is 0.317 e. The molecule has 0 spiro atoms. The number of carbonyl (C=O) groups is 1. The van der Waals surface area contributed by atoms with Crippen molar-refractivity contribution in [2.45, 2.75) is 19.9 Å². The van der Waals surface area contributed by atoms with E-state index in [1.807, 2.05) is 51.9 Å². The van der Waals surface area contributed by atoms with Crippen molar-refractivity contribution < 1.29 is 4.79 Å². The average Bonchev–Trinajstić information content (AvgIpc) is 3.45. The zero-order chi connectivity index (χ0) is 19.8. The molecule has 0 aliphatic carbocycles. The zero-order valence-corrected chi connectivity index (χ0v) is 16.5. The van der Waals surface area contributed by atoms with E-state index in [2.05, 4.69) is 27.3 Å². The first-order valence-electron chi connectivity index (χ1n) is 10.2. The molecule has 4 heterocycles. The lowest BCUT2D eigenvalue weighted by Crippen LogP contribution is -2.40. The highest BCUT2D eigenvalue weighted by atomic mass is 16.2. The van der Waals surface area contributed by atoms with E-state index >= 15 is 0 Å². The van der Waals surface area contributed by atoms with Crippen molar-refractivity contribution in [2.75, 3.05) is 31.1 Å². The number of nitrogens with one attached hydrogen (secondary N) is 1. The van der Waals surface area contributed by atoms with E-state index < -0.39 is 0 Å². The fourth-order valence-electron chi connectivity index (χ4n) is 4.44. The zero-order valence-electron chi connectivity index (χ0n) is 16.5. The summed E-state index contributed by atoms with van der Waals surface area (Å²) in [4.78, 5) is 16.8. The minimum atomic E-state index is 0.0337. The van der Waals surface area contributed by atoms with Crippen molar-refractivity contribution in [1.29, 1.82) is 0 Å². The van der Waals surface area contributed by atoms with Crippen molar-refractivity contribution in [2.24, 2.45) is 11.8 Å². The van der Waals surface area contributed by atoms with Crippen LogP contribution in [0.1, 0.15) is 18.3 Å². The van der Waals surface area contributed by atoms with Gasteiger partial charge in [-0.15, -0.1) is 15.3 Å². The molecule has 3 aromatic rings. The molecule has 0 radical (unpaired) electrons. The van der Waals surface area contributed by atoms with E-state index in [0.29, 0.717) is 18.4 Å². The second kappa shape index (κ2) is 7.35. The van der Waals surface area contributed by atoms with Gasteiger partial charge in [-0.1, -0.05) is 37.3 Å². The highest BCUT2D eigenvalue weighted by Crippen LogP contribution is 2.33. The summed E-state index contributed by atoms with van der Waals surface area (Å²) in [5, 5.41) is 16.2. The van der Waals surface area contributed by atoms with Crippen LogP contribution in [0.4, 0.5) is 10.6 Å². The van der Waals surface area contributed by atoms with Gasteiger partial charge in [-0.2, -0.15) is 4.52 Å². The smallest absolute Gasteiger partial charge is 0.317 e. The summed E-state index contributed by atoms with van der Waals surface area (Å²) in [6.45, 7) is 6.08. The number of fused-ring (bicyclic) bond motifs is 2. The molecule has 150 valence electrons. The van der Waals surface area contributed by atoms with E-state index in [9.17, 15) is 4.79 Å². The number of hydrogen-bond donors (Lipinski definition) is 1. The fourth-order valence-corrected chi connectivity index (χ4v) is 4.44. The van der Waals surface area contributed by atoms with Crippen LogP contribution in [-0.2, 0) is 13.0 Å². The van der Waals surface area contributed by atoms with Gasteiger partial charge in [-0.05, 0) is 17.7 Å². The van der Waals surface area contributed by atoms with Crippen LogP contribution < -0.4 is 10.2 Å². The SMILES string of the molecule is CCc1nnc2ccc(N3CC4CN(C(=O)NCc5ccccc5)CC4C3)nn12. The Morgan fingerprint density at radius 1 is 1.03 bits per heavy atom. The largest absolute Gasteiger partial charge is 0.354 e. The number of urea groups is 1. The third-order valence-electron chi connectivity index (χ3n) is 6.01. The molecule has 2 amide bonds. The number of anilines is 1. The fraction of sp³-hybridized carbons (Fsp3) is 0.429. The predicted molar refractivity (Wildman–Crippen MR) is 110 cm³/mol. The molecule has 2 unspecified atom stereocenters. The van der Waals surface area contributed by atoms with Crippen LogP contribution in [0, 0.1) is 11.8 Å². The third kappa shape index (κ3) is 3.39. The Balaban J connectivity index is 1.20. The van der Waals surface area contributed by atoms with Crippen molar-refractivity contribution in [3.63, 3.8) is 0 Å². The van der Waals surface area contributed by atoms with Crippen LogP contribution in [0.5, 0.6) is 0 Å². The molecule has 2 fully saturated rings. The Kier molecular flexibility index (Phi) is 4.54. The van der Waals surface area contributed by atoms with Gasteiger partial charge < -0.3 is 15.1 Å². The maximum absolute atomic E-state index is 12.6. The Morgan fingerprint density at radius 3 is 2.52 bits per heavy atom. The van der Waals surface area contributed by atoms with Gasteiger partial charge in [-0.25, -0.2) is 4.79 Å². The summed E-state index contributed by atoms with van der Waals surface area (Å²) in [7, 11) is 0. The first-order chi connectivity index (χ1) is 14.2. The van der Waals surface area contributed by atoms with Crippen molar-refractivity contribution in [3.05, 3.63) is 53.9 Å². The monoisotopic (exact) mass is 391 g/mol. The highest BCUT2D eigenvalue weighted by molar-refractivity contribution is 5.74. The van der Waals surface area contributed by atoms with Gasteiger partial charge in [0.25, 0.3) is 0 Å². The standard InChI is InChI=1S/C21H25N7O/c1-2-18-23-24-19-8-9-20(25-28(18)19)26-11-16-13-27(14-17(16)12-26)21(29)22-10-15-6-4-3-5-7-15/h3-9,16-17H,2,10-14H2,1H3,(H,22,29). The number of hydrogen-bond acceptors (Lipinski definition) is 5. The lowest BCUT2D eigenvalue weighted by atomic mass is 10.0. The molecule has 0 bridgehead atoms. The number of benzene rings is 1. The van der Waals surface area contributed by atoms with E-state index in [-0.39, 0.29) is 6.03 Å². The van der Waals surface area contributed by atoms with Crippen LogP contribution in [0.3, 0.4) is 0 Å². The minimum Gasteiger partial charge on any atom is -0.354 e. The van der Waals surface area contributed by atoms with Crippen molar-refractivity contribution in [3.8, 4) is 0 Å². The summed E-state index contributed by atoms with van der Waals surface area (Å²) in [5.41, 5.74) is 1.90. The Morgan fingerprint density at radius 2 is 1.79 bits per heavy atom. The molecule has 2 aliphatic heterocycles. The maximum atomic E-state index is 12.6. The summed E-state index contributed by atoms with van der Waals surface area (Å²) in [6, 6.07) is 14.1. The van der Waals surface area contributed by atoms with Gasteiger partial charge in [0.1, 0.15) is 5.82 Å². The lowest BCUT2D eigenvalue weighted by Gasteiger charge is -2.22. The van der Waals surface area contributed by atoms with Crippen LogP contribution in [-0.4, -0.2) is 56.9 Å². The topological polar surface area (TPSA) is 78.7 Å². The Hall–Kier alpha value is -3.16. The first kappa shape index (κ1) is 17.9. The summed E-state index contributed by atoms with van der Waals surface area (Å²) in [5.74, 6) is 2.81. The predicted octanol–water partition coefficient (Wildman–Crippen LogP) is 1.96. The summed E-state index contributed by atoms with van der Waals surface area (Å²) < 4.78 is 1.84.